The van der Waals surface area contributed by atoms with Crippen molar-refractivity contribution in [2.45, 2.75) is 26.8 Å². The molecule has 0 spiro atoms. The molecule has 1 aliphatic rings. The molecule has 0 radical (unpaired) electrons. The van der Waals surface area contributed by atoms with Gasteiger partial charge in [-0.1, -0.05) is 6.92 Å². The molecule has 2 heterocycles. The molecule has 1 saturated heterocycles. The van der Waals surface area contributed by atoms with Gasteiger partial charge < -0.3 is 10.0 Å². The second-order valence-electron chi connectivity index (χ2n) is 4.45. The van der Waals surface area contributed by atoms with E-state index >= 15 is 0 Å². The molecule has 5 nitrogen and oxygen atoms in total. The number of aromatic nitrogens is 2. The van der Waals surface area contributed by atoms with Crippen LogP contribution in [-0.4, -0.2) is 45.4 Å². The summed E-state index contributed by atoms with van der Waals surface area (Å²) in [7, 11) is 0. The molecule has 0 aromatic carbocycles. The molecule has 1 fully saturated rings. The molecule has 1 aliphatic heterocycles. The Balaban J connectivity index is 2.11. The lowest BCUT2D eigenvalue weighted by Gasteiger charge is -2.38. The van der Waals surface area contributed by atoms with Crippen LogP contribution in [0.4, 0.5) is 0 Å². The minimum Gasteiger partial charge on any atom is -0.396 e. The Hall–Kier alpha value is -1.36. The average molecular weight is 237 g/mol. The number of nitrogens with zero attached hydrogens (tertiary/aromatic N) is 3. The van der Waals surface area contributed by atoms with Crippen LogP contribution >= 0.6 is 0 Å². The van der Waals surface area contributed by atoms with E-state index in [1.165, 1.54) is 0 Å². The van der Waals surface area contributed by atoms with E-state index in [4.69, 9.17) is 5.11 Å². The van der Waals surface area contributed by atoms with Crippen LogP contribution in [0, 0.1) is 5.92 Å². The first-order valence-corrected chi connectivity index (χ1v) is 6.16. The van der Waals surface area contributed by atoms with Crippen LogP contribution in [0.15, 0.2) is 6.07 Å². The highest BCUT2D eigenvalue weighted by molar-refractivity contribution is 5.93. The lowest BCUT2D eigenvalue weighted by atomic mass is 10.0. The van der Waals surface area contributed by atoms with E-state index in [1.54, 1.807) is 9.58 Å². The van der Waals surface area contributed by atoms with Crippen LogP contribution < -0.4 is 0 Å². The van der Waals surface area contributed by atoms with E-state index < -0.39 is 0 Å². The SMILES string of the molecule is CCc1cc(C(=O)N2CC(CO)C2)n(CC)n1. The first-order valence-electron chi connectivity index (χ1n) is 6.16. The smallest absolute Gasteiger partial charge is 0.272 e. The Morgan fingerprint density at radius 1 is 1.53 bits per heavy atom. The highest BCUT2D eigenvalue weighted by atomic mass is 16.3. The predicted octanol–water partition coefficient (Wildman–Crippen LogP) is 0.530. The molecule has 0 aliphatic carbocycles. The monoisotopic (exact) mass is 237 g/mol. The standard InChI is InChI=1S/C12H19N3O2/c1-3-10-5-11(15(4-2)13-10)12(17)14-6-9(7-14)8-16/h5,9,16H,3-4,6-8H2,1-2H3. The fourth-order valence-electron chi connectivity index (χ4n) is 2.07. The molecular weight excluding hydrogens is 218 g/mol. The number of amides is 1. The maximum Gasteiger partial charge on any atom is 0.272 e. The van der Waals surface area contributed by atoms with Crippen molar-refractivity contribution in [2.24, 2.45) is 5.92 Å². The minimum absolute atomic E-state index is 0.0313. The van der Waals surface area contributed by atoms with Crippen molar-refractivity contribution in [3.05, 3.63) is 17.5 Å². The van der Waals surface area contributed by atoms with Crippen LogP contribution in [0.25, 0.3) is 0 Å². The van der Waals surface area contributed by atoms with Gasteiger partial charge in [-0.15, -0.1) is 0 Å². The van der Waals surface area contributed by atoms with Gasteiger partial charge in [0.15, 0.2) is 0 Å². The highest BCUT2D eigenvalue weighted by Crippen LogP contribution is 2.18. The van der Waals surface area contributed by atoms with Crippen LogP contribution in [-0.2, 0) is 13.0 Å². The Bertz CT molecular complexity index is 408. The summed E-state index contributed by atoms with van der Waals surface area (Å²) in [6.45, 7) is 6.20. The molecule has 0 bridgehead atoms. The third-order valence-electron chi connectivity index (χ3n) is 3.21. The second kappa shape index (κ2) is 4.87. The molecule has 0 saturated carbocycles. The van der Waals surface area contributed by atoms with Gasteiger partial charge in [0.05, 0.1) is 5.69 Å². The number of hydrogen-bond donors (Lipinski definition) is 1. The van der Waals surface area contributed by atoms with Crippen molar-refractivity contribution in [2.75, 3.05) is 19.7 Å². The molecular formula is C12H19N3O2. The predicted molar refractivity (Wildman–Crippen MR) is 63.8 cm³/mol. The van der Waals surface area contributed by atoms with E-state index in [9.17, 15) is 4.79 Å². The van der Waals surface area contributed by atoms with Crippen LogP contribution in [0.3, 0.4) is 0 Å². The number of likely N-dealkylation sites (tertiary alicyclic amines) is 1. The first kappa shape index (κ1) is 12.1. The summed E-state index contributed by atoms with van der Waals surface area (Å²) in [5, 5.41) is 13.3. The fraction of sp³-hybridized carbons (Fsp3) is 0.667. The van der Waals surface area contributed by atoms with Gasteiger partial charge in [0, 0.05) is 32.2 Å². The summed E-state index contributed by atoms with van der Waals surface area (Å²) >= 11 is 0. The maximum absolute atomic E-state index is 12.2. The zero-order chi connectivity index (χ0) is 12.4. The van der Waals surface area contributed by atoms with Gasteiger partial charge in [0.2, 0.25) is 0 Å². The zero-order valence-corrected chi connectivity index (χ0v) is 10.4. The molecule has 2 rings (SSSR count). The van der Waals surface area contributed by atoms with Crippen molar-refractivity contribution < 1.29 is 9.90 Å². The van der Waals surface area contributed by atoms with E-state index in [2.05, 4.69) is 5.10 Å². The Labute approximate surface area is 101 Å². The molecule has 1 N–H and O–H groups in total. The van der Waals surface area contributed by atoms with Gasteiger partial charge in [-0.3, -0.25) is 9.48 Å². The summed E-state index contributed by atoms with van der Waals surface area (Å²) in [4.78, 5) is 13.9. The lowest BCUT2D eigenvalue weighted by molar-refractivity contribution is 0.0351. The third-order valence-corrected chi connectivity index (χ3v) is 3.21. The quantitative estimate of drug-likeness (QED) is 0.831. The molecule has 0 atom stereocenters. The second-order valence-corrected chi connectivity index (χ2v) is 4.45. The van der Waals surface area contributed by atoms with Crippen LogP contribution in [0.2, 0.25) is 0 Å². The van der Waals surface area contributed by atoms with Crippen molar-refractivity contribution in [3.63, 3.8) is 0 Å². The molecule has 1 aromatic heterocycles. The van der Waals surface area contributed by atoms with Gasteiger partial charge in [0.25, 0.3) is 5.91 Å². The van der Waals surface area contributed by atoms with Crippen molar-refractivity contribution in [1.82, 2.24) is 14.7 Å². The average Bonchev–Trinajstić information content (AvgIpc) is 2.70. The largest absolute Gasteiger partial charge is 0.396 e. The van der Waals surface area contributed by atoms with Crippen LogP contribution in [0.5, 0.6) is 0 Å². The maximum atomic E-state index is 12.2. The Morgan fingerprint density at radius 3 is 2.76 bits per heavy atom. The third kappa shape index (κ3) is 2.20. The van der Waals surface area contributed by atoms with E-state index in [-0.39, 0.29) is 18.4 Å². The molecule has 0 unspecified atom stereocenters. The summed E-state index contributed by atoms with van der Waals surface area (Å²) in [5.74, 6) is 0.284. The summed E-state index contributed by atoms with van der Waals surface area (Å²) in [6, 6.07) is 1.87. The molecule has 17 heavy (non-hydrogen) atoms. The van der Waals surface area contributed by atoms with Crippen molar-refractivity contribution >= 4 is 5.91 Å². The van der Waals surface area contributed by atoms with Crippen molar-refractivity contribution in [3.8, 4) is 0 Å². The summed E-state index contributed by atoms with van der Waals surface area (Å²) in [6.07, 6.45) is 0.840. The number of carbonyl (C=O) groups excluding carboxylic acids is 1. The topological polar surface area (TPSA) is 58.4 Å². The minimum atomic E-state index is 0.0313. The Kier molecular flexibility index (Phi) is 3.47. The summed E-state index contributed by atoms with van der Waals surface area (Å²) < 4.78 is 1.76. The molecule has 5 heteroatoms. The number of aliphatic hydroxyl groups excluding tert-OH is 1. The van der Waals surface area contributed by atoms with E-state index in [0.29, 0.717) is 25.3 Å². The number of carbonyl (C=O) groups is 1. The lowest BCUT2D eigenvalue weighted by Crippen LogP contribution is -2.51. The summed E-state index contributed by atoms with van der Waals surface area (Å²) in [5.41, 5.74) is 1.62. The van der Waals surface area contributed by atoms with Gasteiger partial charge in [-0.2, -0.15) is 5.10 Å². The number of rotatable bonds is 4. The zero-order valence-electron chi connectivity index (χ0n) is 10.4. The fourth-order valence-corrected chi connectivity index (χ4v) is 2.07. The number of aliphatic hydroxyl groups is 1. The molecule has 1 aromatic rings. The number of aryl methyl sites for hydroxylation is 2. The van der Waals surface area contributed by atoms with Gasteiger partial charge in [-0.05, 0) is 19.4 Å². The van der Waals surface area contributed by atoms with Gasteiger partial charge >= 0.3 is 0 Å². The first-order chi connectivity index (χ1) is 8.19. The van der Waals surface area contributed by atoms with Gasteiger partial charge in [-0.25, -0.2) is 0 Å². The molecule has 1 amide bonds. The van der Waals surface area contributed by atoms with E-state index in [0.717, 1.165) is 12.1 Å². The molecule has 94 valence electrons. The van der Waals surface area contributed by atoms with Crippen molar-refractivity contribution in [1.29, 1.82) is 0 Å². The van der Waals surface area contributed by atoms with Gasteiger partial charge in [0.1, 0.15) is 5.69 Å². The van der Waals surface area contributed by atoms with E-state index in [1.807, 2.05) is 19.9 Å². The highest BCUT2D eigenvalue weighted by Gasteiger charge is 2.32. The normalized spacial score (nSPS) is 16.1. The Morgan fingerprint density at radius 2 is 2.24 bits per heavy atom. The number of hydrogen-bond acceptors (Lipinski definition) is 3. The van der Waals surface area contributed by atoms with Crippen LogP contribution in [0.1, 0.15) is 30.0 Å².